The first-order valence-corrected chi connectivity index (χ1v) is 10.6. The number of piperazine rings is 1. The smallest absolute Gasteiger partial charge is 0.250 e. The molecule has 1 saturated heterocycles. The van der Waals surface area contributed by atoms with Gasteiger partial charge in [-0.3, -0.25) is 9.79 Å². The highest BCUT2D eigenvalue weighted by molar-refractivity contribution is 5.80. The number of nitrogens with one attached hydrogen (secondary N) is 1. The van der Waals surface area contributed by atoms with Crippen molar-refractivity contribution in [1.82, 2.24) is 19.8 Å². The molecule has 0 aliphatic carbocycles. The lowest BCUT2D eigenvalue weighted by Crippen LogP contribution is -2.52. The Hall–Kier alpha value is -3.61. The van der Waals surface area contributed by atoms with Gasteiger partial charge in [0.15, 0.2) is 5.96 Å². The second-order valence-corrected chi connectivity index (χ2v) is 7.55. The van der Waals surface area contributed by atoms with Crippen molar-refractivity contribution in [2.75, 3.05) is 38.1 Å². The lowest BCUT2D eigenvalue weighted by molar-refractivity contribution is 0.371. The molecule has 1 aliphatic rings. The SMILES string of the molecule is CN=C(NCc1ccc(Cn2ccccc2=O)cc1)N1CCN(c2ccccn2)CC1. The Bertz CT molecular complexity index is 1050. The number of benzene rings is 1. The van der Waals surface area contributed by atoms with Gasteiger partial charge in [0.05, 0.1) is 6.54 Å². The molecule has 0 atom stereocenters. The molecule has 0 unspecified atom stereocenters. The van der Waals surface area contributed by atoms with Gasteiger partial charge < -0.3 is 19.7 Å². The van der Waals surface area contributed by atoms with E-state index in [-0.39, 0.29) is 5.56 Å². The van der Waals surface area contributed by atoms with Crippen molar-refractivity contribution in [3.8, 4) is 0 Å². The molecule has 7 nitrogen and oxygen atoms in total. The van der Waals surface area contributed by atoms with Gasteiger partial charge >= 0.3 is 0 Å². The van der Waals surface area contributed by atoms with Gasteiger partial charge in [-0.1, -0.05) is 36.4 Å². The standard InChI is InChI=1S/C24H28N6O/c1-25-24(29-16-14-28(15-17-29)22-6-2-4-12-26-22)27-18-20-8-10-21(11-9-20)19-30-13-5-3-7-23(30)31/h2-13H,14-19H2,1H3,(H,25,27). The number of hydrogen-bond acceptors (Lipinski definition) is 4. The van der Waals surface area contributed by atoms with Gasteiger partial charge in [0, 0.05) is 58.2 Å². The average Bonchev–Trinajstić information content (AvgIpc) is 2.83. The van der Waals surface area contributed by atoms with Gasteiger partial charge in [-0.15, -0.1) is 0 Å². The molecule has 3 aromatic rings. The minimum absolute atomic E-state index is 0.0141. The summed E-state index contributed by atoms with van der Waals surface area (Å²) in [6.45, 7) is 4.94. The molecule has 0 bridgehead atoms. The highest BCUT2D eigenvalue weighted by Gasteiger charge is 2.20. The van der Waals surface area contributed by atoms with E-state index in [9.17, 15) is 4.79 Å². The number of nitrogens with zero attached hydrogens (tertiary/aromatic N) is 5. The largest absolute Gasteiger partial charge is 0.353 e. The summed E-state index contributed by atoms with van der Waals surface area (Å²) in [6, 6.07) is 19.6. The maximum Gasteiger partial charge on any atom is 0.250 e. The third-order valence-corrected chi connectivity index (χ3v) is 5.49. The first kappa shape index (κ1) is 20.7. The van der Waals surface area contributed by atoms with Crippen molar-refractivity contribution in [3.63, 3.8) is 0 Å². The monoisotopic (exact) mass is 416 g/mol. The van der Waals surface area contributed by atoms with E-state index in [1.807, 2.05) is 37.6 Å². The van der Waals surface area contributed by atoms with Gasteiger partial charge in [-0.05, 0) is 29.3 Å². The van der Waals surface area contributed by atoms with Gasteiger partial charge in [0.1, 0.15) is 5.82 Å². The van der Waals surface area contributed by atoms with Crippen LogP contribution in [0, 0.1) is 0 Å². The molecule has 4 rings (SSSR count). The zero-order valence-electron chi connectivity index (χ0n) is 17.8. The average molecular weight is 417 g/mol. The van der Waals surface area contributed by atoms with E-state index in [0.717, 1.165) is 43.5 Å². The molecule has 0 spiro atoms. The number of guanidine groups is 1. The van der Waals surface area contributed by atoms with Crippen molar-refractivity contribution in [2.24, 2.45) is 4.99 Å². The Labute approximate surface area is 182 Å². The molecule has 1 aromatic carbocycles. The van der Waals surface area contributed by atoms with Crippen LogP contribution in [0.2, 0.25) is 0 Å². The van der Waals surface area contributed by atoms with Crippen LogP contribution in [0.4, 0.5) is 5.82 Å². The summed E-state index contributed by atoms with van der Waals surface area (Å²) in [4.78, 5) is 25.4. The molecule has 31 heavy (non-hydrogen) atoms. The molecule has 1 fully saturated rings. The molecule has 0 saturated carbocycles. The van der Waals surface area contributed by atoms with Crippen LogP contribution in [0.5, 0.6) is 0 Å². The molecule has 7 heteroatoms. The zero-order chi connectivity index (χ0) is 21.5. The van der Waals surface area contributed by atoms with Gasteiger partial charge in [-0.2, -0.15) is 0 Å². The number of hydrogen-bond donors (Lipinski definition) is 1. The summed E-state index contributed by atoms with van der Waals surface area (Å²) in [6.07, 6.45) is 3.65. The first-order valence-electron chi connectivity index (χ1n) is 10.6. The second-order valence-electron chi connectivity index (χ2n) is 7.55. The Morgan fingerprint density at radius 1 is 0.968 bits per heavy atom. The van der Waals surface area contributed by atoms with E-state index in [1.165, 1.54) is 5.56 Å². The Kier molecular flexibility index (Phi) is 6.62. The molecule has 0 radical (unpaired) electrons. The second kappa shape index (κ2) is 9.93. The Morgan fingerprint density at radius 3 is 2.39 bits per heavy atom. The minimum Gasteiger partial charge on any atom is -0.353 e. The molecule has 160 valence electrons. The number of aliphatic imine (C=N–C) groups is 1. The summed E-state index contributed by atoms with van der Waals surface area (Å²) in [5.74, 6) is 1.95. The highest BCUT2D eigenvalue weighted by atomic mass is 16.1. The molecule has 0 amide bonds. The molecule has 2 aromatic heterocycles. The van der Waals surface area contributed by atoms with Crippen molar-refractivity contribution < 1.29 is 0 Å². The highest BCUT2D eigenvalue weighted by Crippen LogP contribution is 2.13. The molecule has 1 aliphatic heterocycles. The molecular formula is C24H28N6O. The maximum absolute atomic E-state index is 11.9. The van der Waals surface area contributed by atoms with Crippen LogP contribution < -0.4 is 15.8 Å². The van der Waals surface area contributed by atoms with Gasteiger partial charge in [0.2, 0.25) is 0 Å². The van der Waals surface area contributed by atoms with E-state index < -0.39 is 0 Å². The van der Waals surface area contributed by atoms with Crippen LogP contribution in [0.3, 0.4) is 0 Å². The van der Waals surface area contributed by atoms with Crippen LogP contribution in [-0.2, 0) is 13.1 Å². The fourth-order valence-corrected chi connectivity index (χ4v) is 3.75. The maximum atomic E-state index is 11.9. The topological polar surface area (TPSA) is 65.8 Å². The minimum atomic E-state index is 0.0141. The van der Waals surface area contributed by atoms with E-state index in [1.54, 1.807) is 16.7 Å². The van der Waals surface area contributed by atoms with E-state index >= 15 is 0 Å². The number of anilines is 1. The molecule has 1 N–H and O–H groups in total. The number of aromatic nitrogens is 2. The van der Waals surface area contributed by atoms with Crippen molar-refractivity contribution in [2.45, 2.75) is 13.1 Å². The Morgan fingerprint density at radius 2 is 1.71 bits per heavy atom. The lowest BCUT2D eigenvalue weighted by atomic mass is 10.1. The third-order valence-electron chi connectivity index (χ3n) is 5.49. The quantitative estimate of drug-likeness (QED) is 0.510. The molecular weight excluding hydrogens is 388 g/mol. The lowest BCUT2D eigenvalue weighted by Gasteiger charge is -2.37. The summed E-state index contributed by atoms with van der Waals surface area (Å²) in [5, 5.41) is 3.47. The predicted octanol–water partition coefficient (Wildman–Crippen LogP) is 2.19. The van der Waals surface area contributed by atoms with Crippen LogP contribution >= 0.6 is 0 Å². The normalized spacial score (nSPS) is 14.5. The third kappa shape index (κ3) is 5.31. The molecule has 3 heterocycles. The van der Waals surface area contributed by atoms with Gasteiger partial charge in [-0.25, -0.2) is 4.98 Å². The summed E-state index contributed by atoms with van der Waals surface area (Å²) in [7, 11) is 1.83. The first-order chi connectivity index (χ1) is 15.2. The van der Waals surface area contributed by atoms with E-state index in [4.69, 9.17) is 0 Å². The Balaban J connectivity index is 1.29. The summed E-state index contributed by atoms with van der Waals surface area (Å²) < 4.78 is 1.71. The fraction of sp³-hybridized carbons (Fsp3) is 0.292. The zero-order valence-corrected chi connectivity index (χ0v) is 17.8. The predicted molar refractivity (Wildman–Crippen MR) is 124 cm³/mol. The summed E-state index contributed by atoms with van der Waals surface area (Å²) in [5.41, 5.74) is 2.30. The fourth-order valence-electron chi connectivity index (χ4n) is 3.75. The van der Waals surface area contributed by atoms with Crippen LogP contribution in [0.25, 0.3) is 0 Å². The van der Waals surface area contributed by atoms with Crippen molar-refractivity contribution in [1.29, 1.82) is 0 Å². The van der Waals surface area contributed by atoms with Crippen molar-refractivity contribution in [3.05, 3.63) is 94.5 Å². The van der Waals surface area contributed by atoms with Crippen LogP contribution in [0.15, 0.2) is 82.8 Å². The number of pyridine rings is 2. The summed E-state index contributed by atoms with van der Waals surface area (Å²) >= 11 is 0. The number of rotatable bonds is 5. The van der Waals surface area contributed by atoms with Crippen LogP contribution in [-0.4, -0.2) is 53.6 Å². The van der Waals surface area contributed by atoms with E-state index in [2.05, 4.69) is 55.4 Å². The van der Waals surface area contributed by atoms with Crippen LogP contribution in [0.1, 0.15) is 11.1 Å². The van der Waals surface area contributed by atoms with Gasteiger partial charge in [0.25, 0.3) is 5.56 Å². The van der Waals surface area contributed by atoms with Crippen molar-refractivity contribution >= 4 is 11.8 Å². The van der Waals surface area contributed by atoms with E-state index in [0.29, 0.717) is 13.1 Å².